The van der Waals surface area contributed by atoms with E-state index in [-0.39, 0.29) is 5.56 Å². The van der Waals surface area contributed by atoms with Crippen LogP contribution in [-0.4, -0.2) is 16.2 Å². The Morgan fingerprint density at radius 1 is 1.45 bits per heavy atom. The van der Waals surface area contributed by atoms with Crippen molar-refractivity contribution in [2.24, 2.45) is 0 Å². The van der Waals surface area contributed by atoms with Gasteiger partial charge in [-0.05, 0) is 13.3 Å². The third-order valence-electron chi connectivity index (χ3n) is 2.10. The van der Waals surface area contributed by atoms with Crippen LogP contribution in [0.1, 0.15) is 18.2 Å². The van der Waals surface area contributed by atoms with Crippen molar-refractivity contribution in [3.8, 4) is 0 Å². The molecule has 0 saturated heterocycles. The third-order valence-corrected chi connectivity index (χ3v) is 2.10. The highest BCUT2D eigenvalue weighted by atomic mass is 16.1. The zero-order valence-electron chi connectivity index (χ0n) is 6.40. The van der Waals surface area contributed by atoms with Gasteiger partial charge in [0, 0.05) is 18.2 Å². The molecule has 1 atom stereocenters. The number of rotatable bonds is 0. The molecule has 0 saturated carbocycles. The Hall–Kier alpha value is -1.03. The molecule has 1 aromatic rings. The van der Waals surface area contributed by atoms with Crippen molar-refractivity contribution in [2.45, 2.75) is 25.9 Å². The summed E-state index contributed by atoms with van der Waals surface area (Å²) >= 11 is 0. The molecule has 2 rings (SSSR count). The Balaban J connectivity index is 2.45. The average Bonchev–Trinajstić information content (AvgIpc) is 2.33. The molecule has 0 unspecified atom stereocenters. The van der Waals surface area contributed by atoms with Crippen LogP contribution in [0.5, 0.6) is 0 Å². The van der Waals surface area contributed by atoms with Gasteiger partial charge in [0.2, 0.25) is 0 Å². The molecule has 1 aliphatic heterocycles. The fourth-order valence-corrected chi connectivity index (χ4v) is 1.44. The van der Waals surface area contributed by atoms with Gasteiger partial charge in [-0.15, -0.1) is 0 Å². The van der Waals surface area contributed by atoms with Gasteiger partial charge in [0.1, 0.15) is 0 Å². The number of hydrogen-bond donors (Lipinski definition) is 3. The van der Waals surface area contributed by atoms with Crippen molar-refractivity contribution in [2.75, 3.05) is 0 Å². The van der Waals surface area contributed by atoms with Crippen LogP contribution in [0.15, 0.2) is 4.79 Å². The van der Waals surface area contributed by atoms with Crippen LogP contribution in [0.3, 0.4) is 0 Å². The zero-order valence-corrected chi connectivity index (χ0v) is 6.40. The lowest BCUT2D eigenvalue weighted by atomic mass is 10.0. The number of aromatic amines is 2. The van der Waals surface area contributed by atoms with Crippen LogP contribution < -0.4 is 10.9 Å². The van der Waals surface area contributed by atoms with Crippen LogP contribution in [0.25, 0.3) is 0 Å². The van der Waals surface area contributed by atoms with Crippen LogP contribution in [0, 0.1) is 0 Å². The number of fused-ring (bicyclic) bond motifs is 1. The first-order valence-corrected chi connectivity index (χ1v) is 3.79. The summed E-state index contributed by atoms with van der Waals surface area (Å²) < 4.78 is 0. The summed E-state index contributed by atoms with van der Waals surface area (Å²) in [6.07, 6.45) is 0.828. The molecule has 11 heavy (non-hydrogen) atoms. The average molecular weight is 153 g/mol. The van der Waals surface area contributed by atoms with Gasteiger partial charge in [-0.1, -0.05) is 0 Å². The molecule has 0 bridgehead atoms. The van der Waals surface area contributed by atoms with Gasteiger partial charge in [-0.3, -0.25) is 9.89 Å². The van der Waals surface area contributed by atoms with E-state index in [1.807, 2.05) is 0 Å². The fourth-order valence-electron chi connectivity index (χ4n) is 1.44. The summed E-state index contributed by atoms with van der Waals surface area (Å²) in [6, 6.07) is 0.416. The largest absolute Gasteiger partial charge is 0.308 e. The maximum Gasteiger partial charge on any atom is 0.267 e. The summed E-state index contributed by atoms with van der Waals surface area (Å²) in [6.45, 7) is 2.85. The van der Waals surface area contributed by atoms with Gasteiger partial charge >= 0.3 is 0 Å². The first-order chi connectivity index (χ1) is 5.27. The summed E-state index contributed by atoms with van der Waals surface area (Å²) in [5.74, 6) is 0. The van der Waals surface area contributed by atoms with E-state index in [1.165, 1.54) is 0 Å². The molecular formula is C7H11N3O. The van der Waals surface area contributed by atoms with Crippen LogP contribution >= 0.6 is 0 Å². The molecule has 0 spiro atoms. The highest BCUT2D eigenvalue weighted by Gasteiger charge is 2.17. The number of nitrogens with one attached hydrogen (secondary N) is 3. The monoisotopic (exact) mass is 153 g/mol. The Morgan fingerprint density at radius 3 is 3.09 bits per heavy atom. The van der Waals surface area contributed by atoms with Crippen molar-refractivity contribution in [1.29, 1.82) is 0 Å². The molecule has 1 aliphatic rings. The van der Waals surface area contributed by atoms with Crippen molar-refractivity contribution in [3.63, 3.8) is 0 Å². The van der Waals surface area contributed by atoms with Gasteiger partial charge in [0.25, 0.3) is 5.56 Å². The third kappa shape index (κ3) is 0.991. The van der Waals surface area contributed by atoms with Crippen LogP contribution in [-0.2, 0) is 13.0 Å². The van der Waals surface area contributed by atoms with E-state index in [2.05, 4.69) is 22.4 Å². The van der Waals surface area contributed by atoms with Crippen LogP contribution in [0.4, 0.5) is 0 Å². The molecule has 0 radical (unpaired) electrons. The second kappa shape index (κ2) is 2.23. The number of hydrogen-bond acceptors (Lipinski definition) is 2. The smallest absolute Gasteiger partial charge is 0.267 e. The van der Waals surface area contributed by atoms with Crippen molar-refractivity contribution in [3.05, 3.63) is 21.6 Å². The minimum Gasteiger partial charge on any atom is -0.308 e. The molecule has 0 aliphatic carbocycles. The summed E-state index contributed by atoms with van der Waals surface area (Å²) in [5.41, 5.74) is 1.96. The van der Waals surface area contributed by atoms with E-state index >= 15 is 0 Å². The molecular weight excluding hydrogens is 142 g/mol. The maximum absolute atomic E-state index is 11.1. The first-order valence-electron chi connectivity index (χ1n) is 3.79. The topological polar surface area (TPSA) is 60.7 Å². The highest BCUT2D eigenvalue weighted by Crippen LogP contribution is 2.08. The SMILES string of the molecule is C[C@H]1Cc2c([nH][nH]c2=O)CN1. The quantitative estimate of drug-likeness (QED) is 0.481. The molecule has 4 heteroatoms. The zero-order chi connectivity index (χ0) is 7.84. The highest BCUT2D eigenvalue weighted by molar-refractivity contribution is 5.20. The second-order valence-corrected chi connectivity index (χ2v) is 3.02. The van der Waals surface area contributed by atoms with Crippen LogP contribution in [0.2, 0.25) is 0 Å². The fraction of sp³-hybridized carbons (Fsp3) is 0.571. The van der Waals surface area contributed by atoms with Gasteiger partial charge in [-0.25, -0.2) is 0 Å². The Bertz CT molecular complexity index is 312. The summed E-state index contributed by atoms with van der Waals surface area (Å²) in [5, 5.41) is 8.69. The molecule has 60 valence electrons. The number of H-pyrrole nitrogens is 2. The lowest BCUT2D eigenvalue weighted by molar-refractivity contribution is 0.507. The molecule has 2 heterocycles. The molecule has 1 aromatic heterocycles. The van der Waals surface area contributed by atoms with Crippen molar-refractivity contribution >= 4 is 0 Å². The normalized spacial score (nSPS) is 23.2. The second-order valence-electron chi connectivity index (χ2n) is 3.02. The first kappa shape index (κ1) is 6.67. The minimum atomic E-state index is 0.0355. The lowest BCUT2D eigenvalue weighted by Crippen LogP contribution is -2.34. The van der Waals surface area contributed by atoms with E-state index in [4.69, 9.17) is 0 Å². The summed E-state index contributed by atoms with van der Waals surface area (Å²) in [7, 11) is 0. The van der Waals surface area contributed by atoms with E-state index in [1.54, 1.807) is 0 Å². The van der Waals surface area contributed by atoms with Gasteiger partial charge < -0.3 is 10.4 Å². The number of aromatic nitrogens is 2. The molecule has 4 nitrogen and oxygen atoms in total. The van der Waals surface area contributed by atoms with E-state index in [0.717, 1.165) is 24.2 Å². The Labute approximate surface area is 64.0 Å². The molecule has 0 fully saturated rings. The Kier molecular flexibility index (Phi) is 1.35. The van der Waals surface area contributed by atoms with Crippen molar-refractivity contribution < 1.29 is 0 Å². The predicted molar refractivity (Wildman–Crippen MR) is 41.4 cm³/mol. The van der Waals surface area contributed by atoms with E-state index in [0.29, 0.717) is 6.04 Å². The predicted octanol–water partition coefficient (Wildman–Crippen LogP) is -0.263. The molecule has 0 amide bonds. The molecule has 0 aromatic carbocycles. The maximum atomic E-state index is 11.1. The Morgan fingerprint density at radius 2 is 2.27 bits per heavy atom. The van der Waals surface area contributed by atoms with Gasteiger partial charge in [-0.2, -0.15) is 0 Å². The molecule has 3 N–H and O–H groups in total. The van der Waals surface area contributed by atoms with Gasteiger partial charge in [0.05, 0.1) is 5.69 Å². The standard InChI is InChI=1S/C7H11N3O/c1-4-2-5-6(3-8-4)9-10-7(5)11/h4,8H,2-3H2,1H3,(H2,9,10,11)/t4-/m0/s1. The lowest BCUT2D eigenvalue weighted by Gasteiger charge is -2.18. The van der Waals surface area contributed by atoms with E-state index < -0.39 is 0 Å². The van der Waals surface area contributed by atoms with Gasteiger partial charge in [0.15, 0.2) is 0 Å². The minimum absolute atomic E-state index is 0.0355. The summed E-state index contributed by atoms with van der Waals surface area (Å²) in [4.78, 5) is 11.1. The van der Waals surface area contributed by atoms with Crippen molar-refractivity contribution in [1.82, 2.24) is 15.5 Å². The van der Waals surface area contributed by atoms with E-state index in [9.17, 15) is 4.79 Å².